The molecule has 1 atom stereocenters. The number of carbonyl (C=O) groups is 2. The third-order valence-electron chi connectivity index (χ3n) is 3.48. The molecule has 2 heterocycles. The minimum Gasteiger partial charge on any atom is -0.442 e. The van der Waals surface area contributed by atoms with E-state index in [1.165, 1.54) is 24.0 Å². The summed E-state index contributed by atoms with van der Waals surface area (Å²) in [5.74, 6) is -0.328. The molecule has 2 amide bonds. The van der Waals surface area contributed by atoms with E-state index in [4.69, 9.17) is 9.26 Å². The number of carbonyl (C=O) groups excluding carboxylic acids is 2. The van der Waals surface area contributed by atoms with Gasteiger partial charge in [-0.15, -0.1) is 0 Å². The van der Waals surface area contributed by atoms with Gasteiger partial charge in [-0.25, -0.2) is 9.18 Å². The molecule has 1 aromatic heterocycles. The Hall–Kier alpha value is -2.97. The molecule has 3 rings (SSSR count). The van der Waals surface area contributed by atoms with Gasteiger partial charge in [0.05, 0.1) is 24.3 Å². The van der Waals surface area contributed by atoms with Gasteiger partial charge in [0, 0.05) is 6.92 Å². The lowest BCUT2D eigenvalue weighted by molar-refractivity contribution is -0.119. The summed E-state index contributed by atoms with van der Waals surface area (Å²) in [6.07, 6.45) is -1.08. The zero-order valence-electron chi connectivity index (χ0n) is 13.1. The van der Waals surface area contributed by atoms with E-state index in [1.54, 1.807) is 13.0 Å². The van der Waals surface area contributed by atoms with Gasteiger partial charge < -0.3 is 14.6 Å². The summed E-state index contributed by atoms with van der Waals surface area (Å²) < 4.78 is 24.4. The van der Waals surface area contributed by atoms with Crippen LogP contribution in [0.5, 0.6) is 0 Å². The lowest BCUT2D eigenvalue weighted by atomic mass is 10.1. The topological polar surface area (TPSA) is 97.6 Å². The zero-order valence-corrected chi connectivity index (χ0v) is 13.1. The van der Waals surface area contributed by atoms with Crippen molar-refractivity contribution in [2.24, 2.45) is 0 Å². The molecule has 2 aromatic rings. The number of ether oxygens (including phenoxy) is 1. The highest BCUT2D eigenvalue weighted by Gasteiger charge is 2.32. The maximum absolute atomic E-state index is 14.3. The van der Waals surface area contributed by atoms with E-state index in [2.05, 4.69) is 15.5 Å². The number of hydrogen-bond donors (Lipinski definition) is 1. The molecule has 126 valence electrons. The fraction of sp³-hybridized carbons (Fsp3) is 0.333. The number of rotatable bonds is 4. The van der Waals surface area contributed by atoms with Crippen molar-refractivity contribution < 1.29 is 23.2 Å². The van der Waals surface area contributed by atoms with Crippen LogP contribution in [0.2, 0.25) is 0 Å². The Labute approximate surface area is 136 Å². The van der Waals surface area contributed by atoms with Crippen LogP contribution >= 0.6 is 0 Å². The average molecular weight is 334 g/mol. The van der Waals surface area contributed by atoms with Crippen LogP contribution in [0.3, 0.4) is 0 Å². The van der Waals surface area contributed by atoms with E-state index in [9.17, 15) is 14.0 Å². The predicted molar refractivity (Wildman–Crippen MR) is 80.7 cm³/mol. The number of amides is 2. The minimum absolute atomic E-state index is 0.0732. The number of hydrogen-bond acceptors (Lipinski definition) is 6. The molecular weight excluding hydrogens is 319 g/mol. The third kappa shape index (κ3) is 3.19. The normalized spacial score (nSPS) is 17.0. The van der Waals surface area contributed by atoms with Crippen LogP contribution in [0.15, 0.2) is 22.7 Å². The molecule has 24 heavy (non-hydrogen) atoms. The molecule has 0 bridgehead atoms. The van der Waals surface area contributed by atoms with Gasteiger partial charge >= 0.3 is 6.09 Å². The molecule has 1 aliphatic heterocycles. The van der Waals surface area contributed by atoms with Crippen molar-refractivity contribution in [2.75, 3.05) is 18.0 Å². The number of aromatic nitrogens is 2. The molecule has 0 saturated carbocycles. The molecule has 8 nitrogen and oxygen atoms in total. The second kappa shape index (κ2) is 6.26. The van der Waals surface area contributed by atoms with Crippen molar-refractivity contribution in [3.8, 4) is 11.5 Å². The molecule has 0 aliphatic carbocycles. The molecule has 1 aliphatic rings. The molecule has 0 radical (unpaired) electrons. The Morgan fingerprint density at radius 1 is 1.50 bits per heavy atom. The second-order valence-electron chi connectivity index (χ2n) is 5.36. The van der Waals surface area contributed by atoms with Crippen molar-refractivity contribution in [3.05, 3.63) is 29.8 Å². The SMILES string of the molecule is CC(=O)NCC1CN(c2ccc(-c3nc(C)no3)c(F)c2)C(=O)O1. The van der Waals surface area contributed by atoms with Gasteiger partial charge in [-0.3, -0.25) is 9.69 Å². The van der Waals surface area contributed by atoms with Crippen LogP contribution < -0.4 is 10.2 Å². The van der Waals surface area contributed by atoms with E-state index in [-0.39, 0.29) is 30.5 Å². The van der Waals surface area contributed by atoms with Crippen molar-refractivity contribution in [2.45, 2.75) is 20.0 Å². The maximum Gasteiger partial charge on any atom is 0.414 e. The lowest BCUT2D eigenvalue weighted by Crippen LogP contribution is -2.33. The zero-order chi connectivity index (χ0) is 17.3. The van der Waals surface area contributed by atoms with Crippen molar-refractivity contribution in [1.82, 2.24) is 15.5 Å². The number of anilines is 1. The monoisotopic (exact) mass is 334 g/mol. The summed E-state index contributed by atoms with van der Waals surface area (Å²) in [5.41, 5.74) is 0.504. The summed E-state index contributed by atoms with van der Waals surface area (Å²) in [5, 5.41) is 6.20. The highest BCUT2D eigenvalue weighted by atomic mass is 19.1. The maximum atomic E-state index is 14.3. The molecule has 0 spiro atoms. The quantitative estimate of drug-likeness (QED) is 0.913. The Morgan fingerprint density at radius 3 is 2.92 bits per heavy atom. The number of halogens is 1. The first-order chi connectivity index (χ1) is 11.4. The Balaban J connectivity index is 1.77. The predicted octanol–water partition coefficient (Wildman–Crippen LogP) is 1.65. The molecule has 1 N–H and O–H groups in total. The molecule has 1 aromatic carbocycles. The van der Waals surface area contributed by atoms with Gasteiger partial charge in [0.2, 0.25) is 5.91 Å². The second-order valence-corrected chi connectivity index (χ2v) is 5.36. The summed E-state index contributed by atoms with van der Waals surface area (Å²) in [6.45, 7) is 3.44. The molecule has 1 fully saturated rings. The first-order valence-corrected chi connectivity index (χ1v) is 7.27. The largest absolute Gasteiger partial charge is 0.442 e. The van der Waals surface area contributed by atoms with Crippen molar-refractivity contribution in [1.29, 1.82) is 0 Å². The molecular formula is C15H15FN4O4. The van der Waals surface area contributed by atoms with Crippen LogP contribution in [0.1, 0.15) is 12.7 Å². The summed E-state index contributed by atoms with van der Waals surface area (Å²) >= 11 is 0. The summed E-state index contributed by atoms with van der Waals surface area (Å²) in [4.78, 5) is 28.1. The van der Waals surface area contributed by atoms with E-state index in [0.717, 1.165) is 0 Å². The first kappa shape index (κ1) is 15.9. The Kier molecular flexibility index (Phi) is 4.15. The fourth-order valence-electron chi connectivity index (χ4n) is 2.35. The Morgan fingerprint density at radius 2 is 2.29 bits per heavy atom. The number of aryl methyl sites for hydroxylation is 1. The van der Waals surface area contributed by atoms with Gasteiger partial charge in [-0.2, -0.15) is 4.98 Å². The fourth-order valence-corrected chi connectivity index (χ4v) is 2.35. The number of nitrogens with one attached hydrogen (secondary N) is 1. The molecule has 1 unspecified atom stereocenters. The smallest absolute Gasteiger partial charge is 0.414 e. The average Bonchev–Trinajstić information content (AvgIpc) is 3.11. The van der Waals surface area contributed by atoms with Gasteiger partial charge in [-0.05, 0) is 25.1 Å². The first-order valence-electron chi connectivity index (χ1n) is 7.27. The van der Waals surface area contributed by atoms with Crippen molar-refractivity contribution >= 4 is 17.7 Å². The van der Waals surface area contributed by atoms with E-state index in [0.29, 0.717) is 11.5 Å². The van der Waals surface area contributed by atoms with Gasteiger partial charge in [0.1, 0.15) is 11.9 Å². The number of benzene rings is 1. The molecule has 1 saturated heterocycles. The van der Waals surface area contributed by atoms with Crippen LogP contribution in [-0.2, 0) is 9.53 Å². The number of nitrogens with zero attached hydrogens (tertiary/aromatic N) is 3. The van der Waals surface area contributed by atoms with Gasteiger partial charge in [-0.1, -0.05) is 5.16 Å². The Bertz CT molecular complexity index is 792. The van der Waals surface area contributed by atoms with Crippen LogP contribution in [0.4, 0.5) is 14.9 Å². The minimum atomic E-state index is -0.592. The highest BCUT2D eigenvalue weighted by Crippen LogP contribution is 2.28. The van der Waals surface area contributed by atoms with Gasteiger partial charge in [0.25, 0.3) is 5.89 Å². The number of cyclic esters (lactones) is 1. The van der Waals surface area contributed by atoms with E-state index in [1.807, 2.05) is 0 Å². The van der Waals surface area contributed by atoms with Crippen molar-refractivity contribution in [3.63, 3.8) is 0 Å². The highest BCUT2D eigenvalue weighted by molar-refractivity contribution is 5.90. The standard InChI is InChI=1S/C15H15FN4O4/c1-8-18-14(24-19-8)12-4-3-10(5-13(12)16)20-7-11(23-15(20)22)6-17-9(2)21/h3-5,11H,6-7H2,1-2H3,(H,17,21). The van der Waals surface area contributed by atoms with Gasteiger partial charge in [0.15, 0.2) is 5.82 Å². The third-order valence-corrected chi connectivity index (χ3v) is 3.48. The van der Waals surface area contributed by atoms with Crippen LogP contribution in [0, 0.1) is 12.7 Å². The molecule has 9 heteroatoms. The van der Waals surface area contributed by atoms with E-state index >= 15 is 0 Å². The van der Waals surface area contributed by atoms with Crippen LogP contribution in [0.25, 0.3) is 11.5 Å². The van der Waals surface area contributed by atoms with Crippen LogP contribution in [-0.4, -0.2) is 41.3 Å². The summed E-state index contributed by atoms with van der Waals surface area (Å²) in [7, 11) is 0. The summed E-state index contributed by atoms with van der Waals surface area (Å²) in [6, 6.07) is 4.24. The lowest BCUT2D eigenvalue weighted by Gasteiger charge is -2.13. The van der Waals surface area contributed by atoms with E-state index < -0.39 is 18.0 Å².